The second-order valence-corrected chi connectivity index (χ2v) is 4.82. The molecule has 0 saturated carbocycles. The molecule has 1 aliphatic heterocycles. The van der Waals surface area contributed by atoms with Crippen molar-refractivity contribution in [2.75, 3.05) is 13.1 Å². The van der Waals surface area contributed by atoms with E-state index in [9.17, 15) is 4.79 Å². The van der Waals surface area contributed by atoms with Crippen molar-refractivity contribution in [3.63, 3.8) is 0 Å². The Bertz CT molecular complexity index is 632. The van der Waals surface area contributed by atoms with E-state index in [1.165, 1.54) is 0 Å². The minimum atomic E-state index is -0.136. The topological polar surface area (TPSA) is 54.1 Å². The zero-order valence-electron chi connectivity index (χ0n) is 9.70. The lowest BCUT2D eigenvalue weighted by Crippen LogP contribution is -2.19. The van der Waals surface area contributed by atoms with Crippen molar-refractivity contribution in [1.29, 1.82) is 0 Å². The van der Waals surface area contributed by atoms with Crippen LogP contribution >= 0.6 is 11.6 Å². The van der Waals surface area contributed by atoms with Gasteiger partial charge in [-0.05, 0) is 36.6 Å². The van der Waals surface area contributed by atoms with Gasteiger partial charge in [-0.2, -0.15) is 0 Å². The number of ether oxygens (including phenoxy) is 1. The first kappa shape index (κ1) is 11.6. The van der Waals surface area contributed by atoms with Gasteiger partial charge in [0.25, 0.3) is 5.56 Å². The van der Waals surface area contributed by atoms with Gasteiger partial charge in [0.2, 0.25) is 0 Å². The van der Waals surface area contributed by atoms with Gasteiger partial charge < -0.3 is 15.0 Å². The molecule has 1 fully saturated rings. The van der Waals surface area contributed by atoms with Gasteiger partial charge in [-0.25, -0.2) is 0 Å². The molecule has 1 atom stereocenters. The van der Waals surface area contributed by atoms with Crippen LogP contribution in [0.4, 0.5) is 0 Å². The maximum atomic E-state index is 11.6. The Morgan fingerprint density at radius 2 is 2.28 bits per heavy atom. The molecule has 18 heavy (non-hydrogen) atoms. The van der Waals surface area contributed by atoms with E-state index in [2.05, 4.69) is 10.3 Å². The highest BCUT2D eigenvalue weighted by molar-refractivity contribution is 6.32. The third kappa shape index (κ3) is 2.09. The van der Waals surface area contributed by atoms with E-state index < -0.39 is 0 Å². The lowest BCUT2D eigenvalue weighted by molar-refractivity contribution is 0.223. The maximum Gasteiger partial charge on any atom is 0.255 e. The van der Waals surface area contributed by atoms with Crippen LogP contribution in [0.3, 0.4) is 0 Å². The zero-order chi connectivity index (χ0) is 12.5. The fourth-order valence-corrected chi connectivity index (χ4v) is 2.40. The Kier molecular flexibility index (Phi) is 2.97. The summed E-state index contributed by atoms with van der Waals surface area (Å²) in [5, 5.41) is 5.13. The first-order chi connectivity index (χ1) is 8.74. The number of fused-ring (bicyclic) bond motifs is 1. The number of rotatable bonds is 2. The van der Waals surface area contributed by atoms with E-state index in [1.54, 1.807) is 12.3 Å². The molecule has 3 rings (SSSR count). The standard InChI is InChI=1S/C13H13ClN2O2/c14-11-6-10-8(1-4-16-13(10)17)5-12(11)18-9-2-3-15-7-9/h1,4-6,9,15H,2-3,7H2,(H,16,17)/t9-/m0/s1. The molecule has 1 aromatic carbocycles. The van der Waals surface area contributed by atoms with Crippen LogP contribution in [0.15, 0.2) is 29.2 Å². The number of aromatic nitrogens is 1. The number of pyridine rings is 1. The van der Waals surface area contributed by atoms with Crippen LogP contribution in [0, 0.1) is 0 Å². The Hall–Kier alpha value is -1.52. The summed E-state index contributed by atoms with van der Waals surface area (Å²) in [5.74, 6) is 0.642. The molecular formula is C13H13ClN2O2. The second-order valence-electron chi connectivity index (χ2n) is 4.41. The van der Waals surface area contributed by atoms with Gasteiger partial charge in [0.1, 0.15) is 11.9 Å². The first-order valence-corrected chi connectivity index (χ1v) is 6.30. The van der Waals surface area contributed by atoms with Crippen LogP contribution in [0.25, 0.3) is 10.8 Å². The molecule has 1 aliphatic rings. The van der Waals surface area contributed by atoms with Crippen LogP contribution in [-0.4, -0.2) is 24.2 Å². The average Bonchev–Trinajstić information content (AvgIpc) is 2.84. The molecule has 0 aliphatic carbocycles. The van der Waals surface area contributed by atoms with E-state index in [0.29, 0.717) is 16.2 Å². The van der Waals surface area contributed by atoms with Crippen LogP contribution < -0.4 is 15.6 Å². The van der Waals surface area contributed by atoms with E-state index in [4.69, 9.17) is 16.3 Å². The predicted octanol–water partition coefficient (Wildman–Crippen LogP) is 1.92. The van der Waals surface area contributed by atoms with Gasteiger partial charge in [0.05, 0.1) is 5.02 Å². The first-order valence-electron chi connectivity index (χ1n) is 5.92. The lowest BCUT2D eigenvalue weighted by atomic mass is 10.1. The largest absolute Gasteiger partial charge is 0.487 e. The fourth-order valence-electron chi connectivity index (χ4n) is 2.19. The van der Waals surface area contributed by atoms with E-state index in [-0.39, 0.29) is 11.7 Å². The molecule has 5 heteroatoms. The number of aromatic amines is 1. The van der Waals surface area contributed by atoms with Gasteiger partial charge in [-0.1, -0.05) is 11.6 Å². The highest BCUT2D eigenvalue weighted by Gasteiger charge is 2.17. The number of hydrogen-bond acceptors (Lipinski definition) is 3. The molecule has 2 N–H and O–H groups in total. The van der Waals surface area contributed by atoms with Crippen molar-refractivity contribution >= 4 is 22.4 Å². The van der Waals surface area contributed by atoms with Crippen LogP contribution in [0.5, 0.6) is 5.75 Å². The predicted molar refractivity (Wildman–Crippen MR) is 71.5 cm³/mol. The summed E-state index contributed by atoms with van der Waals surface area (Å²) < 4.78 is 5.85. The van der Waals surface area contributed by atoms with Crippen molar-refractivity contribution in [2.45, 2.75) is 12.5 Å². The van der Waals surface area contributed by atoms with Crippen LogP contribution in [-0.2, 0) is 0 Å². The molecule has 0 spiro atoms. The fraction of sp³-hybridized carbons (Fsp3) is 0.308. The third-order valence-corrected chi connectivity index (χ3v) is 3.43. The molecule has 1 aromatic heterocycles. The number of hydrogen-bond donors (Lipinski definition) is 2. The van der Waals surface area contributed by atoms with Gasteiger partial charge in [-0.3, -0.25) is 4.79 Å². The smallest absolute Gasteiger partial charge is 0.255 e. The monoisotopic (exact) mass is 264 g/mol. The van der Waals surface area contributed by atoms with Crippen molar-refractivity contribution in [3.05, 3.63) is 39.8 Å². The molecule has 1 saturated heterocycles. The quantitative estimate of drug-likeness (QED) is 0.871. The zero-order valence-corrected chi connectivity index (χ0v) is 10.5. The molecule has 4 nitrogen and oxygen atoms in total. The SMILES string of the molecule is O=c1[nH]ccc2cc(O[C@H]3CCNC3)c(Cl)cc12. The summed E-state index contributed by atoms with van der Waals surface area (Å²) in [5.41, 5.74) is -0.136. The summed E-state index contributed by atoms with van der Waals surface area (Å²) in [6.45, 7) is 1.80. The second kappa shape index (κ2) is 4.63. The third-order valence-electron chi connectivity index (χ3n) is 3.13. The summed E-state index contributed by atoms with van der Waals surface area (Å²) >= 11 is 6.16. The molecule has 0 bridgehead atoms. The summed E-state index contributed by atoms with van der Waals surface area (Å²) in [7, 11) is 0. The van der Waals surface area contributed by atoms with Gasteiger partial charge >= 0.3 is 0 Å². The van der Waals surface area contributed by atoms with Gasteiger partial charge in [0.15, 0.2) is 0 Å². The minimum Gasteiger partial charge on any atom is -0.487 e. The summed E-state index contributed by atoms with van der Waals surface area (Å²) in [6.07, 6.45) is 2.75. The molecule has 0 unspecified atom stereocenters. The maximum absolute atomic E-state index is 11.6. The van der Waals surface area contributed by atoms with Crippen molar-refractivity contribution < 1.29 is 4.74 Å². The van der Waals surface area contributed by atoms with Crippen molar-refractivity contribution in [2.24, 2.45) is 0 Å². The van der Waals surface area contributed by atoms with Gasteiger partial charge in [-0.15, -0.1) is 0 Å². The highest BCUT2D eigenvalue weighted by atomic mass is 35.5. The Morgan fingerprint density at radius 3 is 3.06 bits per heavy atom. The Balaban J connectivity index is 2.02. The van der Waals surface area contributed by atoms with Crippen molar-refractivity contribution in [1.82, 2.24) is 10.3 Å². The number of H-pyrrole nitrogens is 1. The van der Waals surface area contributed by atoms with Gasteiger partial charge in [0, 0.05) is 18.1 Å². The average molecular weight is 265 g/mol. The van der Waals surface area contributed by atoms with E-state index >= 15 is 0 Å². The summed E-state index contributed by atoms with van der Waals surface area (Å²) in [6, 6.07) is 5.32. The summed E-state index contributed by atoms with van der Waals surface area (Å²) in [4.78, 5) is 14.3. The molecule has 2 heterocycles. The van der Waals surface area contributed by atoms with E-state index in [1.807, 2.05) is 12.1 Å². The molecule has 0 amide bonds. The van der Waals surface area contributed by atoms with Crippen LogP contribution in [0.1, 0.15) is 6.42 Å². The molecule has 2 aromatic rings. The Labute approximate surface area is 109 Å². The minimum absolute atomic E-state index is 0.136. The van der Waals surface area contributed by atoms with E-state index in [0.717, 1.165) is 24.9 Å². The highest BCUT2D eigenvalue weighted by Crippen LogP contribution is 2.30. The number of halogens is 1. The lowest BCUT2D eigenvalue weighted by Gasteiger charge is -2.14. The molecular weight excluding hydrogens is 252 g/mol. The number of benzene rings is 1. The Morgan fingerprint density at radius 1 is 1.39 bits per heavy atom. The normalized spacial score (nSPS) is 19.3. The molecule has 0 radical (unpaired) electrons. The number of nitrogens with one attached hydrogen (secondary N) is 2. The van der Waals surface area contributed by atoms with Crippen molar-refractivity contribution in [3.8, 4) is 5.75 Å². The van der Waals surface area contributed by atoms with Crippen LogP contribution in [0.2, 0.25) is 5.02 Å². The molecule has 94 valence electrons.